The van der Waals surface area contributed by atoms with E-state index >= 15 is 0 Å². The van der Waals surface area contributed by atoms with Crippen molar-refractivity contribution in [1.82, 2.24) is 10.6 Å². The van der Waals surface area contributed by atoms with Crippen molar-refractivity contribution in [1.29, 1.82) is 0 Å². The lowest BCUT2D eigenvalue weighted by atomic mass is 10.1. The fourth-order valence-electron chi connectivity index (χ4n) is 2.18. The summed E-state index contributed by atoms with van der Waals surface area (Å²) in [4.78, 5) is 11.8. The molecule has 2 rings (SSSR count). The van der Waals surface area contributed by atoms with E-state index in [9.17, 15) is 9.18 Å². The Kier molecular flexibility index (Phi) is 4.74. The van der Waals surface area contributed by atoms with Crippen LogP contribution in [0, 0.1) is 5.82 Å². The van der Waals surface area contributed by atoms with Gasteiger partial charge in [-0.1, -0.05) is 0 Å². The molecule has 0 aromatic heterocycles. The van der Waals surface area contributed by atoms with Crippen LogP contribution < -0.4 is 15.4 Å². The van der Waals surface area contributed by atoms with Gasteiger partial charge in [0.15, 0.2) is 6.10 Å². The van der Waals surface area contributed by atoms with Crippen molar-refractivity contribution >= 4 is 5.91 Å². The largest absolute Gasteiger partial charge is 0.480 e. The highest BCUT2D eigenvalue weighted by Gasteiger charge is 2.22. The molecule has 1 saturated heterocycles. The summed E-state index contributed by atoms with van der Waals surface area (Å²) in [5.41, 5.74) is 0.798. The standard InChI is InChI=1S/C14H19FN2O2/c1-16-9-10-6-11(15)8-12(7-10)19-13-4-2-3-5-17-14(13)18/h6-8,13,16H,2-5,9H2,1H3,(H,17,18). The Labute approximate surface area is 112 Å². The van der Waals surface area contributed by atoms with Gasteiger partial charge in [0.05, 0.1) is 0 Å². The molecule has 0 saturated carbocycles. The topological polar surface area (TPSA) is 50.4 Å². The van der Waals surface area contributed by atoms with Crippen LogP contribution in [0.15, 0.2) is 18.2 Å². The van der Waals surface area contributed by atoms with E-state index in [1.54, 1.807) is 13.1 Å². The van der Waals surface area contributed by atoms with Crippen molar-refractivity contribution in [3.8, 4) is 5.75 Å². The molecule has 1 aliphatic heterocycles. The third-order valence-electron chi connectivity index (χ3n) is 3.08. The van der Waals surface area contributed by atoms with E-state index in [1.807, 2.05) is 0 Å². The van der Waals surface area contributed by atoms with Crippen LogP contribution in [0.4, 0.5) is 4.39 Å². The lowest BCUT2D eigenvalue weighted by molar-refractivity contribution is -0.127. The van der Waals surface area contributed by atoms with Crippen molar-refractivity contribution in [3.63, 3.8) is 0 Å². The highest BCUT2D eigenvalue weighted by Crippen LogP contribution is 2.20. The summed E-state index contributed by atoms with van der Waals surface area (Å²) < 4.78 is 19.1. The monoisotopic (exact) mass is 266 g/mol. The average molecular weight is 266 g/mol. The van der Waals surface area contributed by atoms with E-state index in [2.05, 4.69) is 10.6 Å². The average Bonchev–Trinajstić information content (AvgIpc) is 2.55. The van der Waals surface area contributed by atoms with Crippen LogP contribution >= 0.6 is 0 Å². The van der Waals surface area contributed by atoms with Gasteiger partial charge < -0.3 is 15.4 Å². The third-order valence-corrected chi connectivity index (χ3v) is 3.08. The number of carbonyl (C=O) groups is 1. The van der Waals surface area contributed by atoms with Gasteiger partial charge in [-0.3, -0.25) is 4.79 Å². The first kappa shape index (κ1) is 13.8. The van der Waals surface area contributed by atoms with Gasteiger partial charge in [0, 0.05) is 19.2 Å². The van der Waals surface area contributed by atoms with Crippen molar-refractivity contribution in [2.24, 2.45) is 0 Å². The molecule has 5 heteroatoms. The quantitative estimate of drug-likeness (QED) is 0.870. The van der Waals surface area contributed by atoms with Crippen molar-refractivity contribution in [3.05, 3.63) is 29.6 Å². The van der Waals surface area contributed by atoms with Crippen LogP contribution in [0.1, 0.15) is 24.8 Å². The maximum atomic E-state index is 13.5. The van der Waals surface area contributed by atoms with E-state index in [0.29, 0.717) is 25.3 Å². The first-order valence-electron chi connectivity index (χ1n) is 6.57. The van der Waals surface area contributed by atoms with Gasteiger partial charge >= 0.3 is 0 Å². The zero-order chi connectivity index (χ0) is 13.7. The minimum atomic E-state index is -0.522. The molecule has 0 aliphatic carbocycles. The second-order valence-corrected chi connectivity index (χ2v) is 4.72. The molecular weight excluding hydrogens is 247 g/mol. The van der Waals surface area contributed by atoms with E-state index < -0.39 is 6.10 Å². The van der Waals surface area contributed by atoms with Crippen molar-refractivity contribution in [2.45, 2.75) is 31.9 Å². The van der Waals surface area contributed by atoms with Crippen molar-refractivity contribution in [2.75, 3.05) is 13.6 Å². The zero-order valence-corrected chi connectivity index (χ0v) is 11.0. The third kappa shape index (κ3) is 3.92. The molecular formula is C14H19FN2O2. The van der Waals surface area contributed by atoms with Gasteiger partial charge in [-0.05, 0) is 44.0 Å². The summed E-state index contributed by atoms with van der Waals surface area (Å²) in [6, 6.07) is 4.53. The molecule has 1 heterocycles. The molecule has 0 radical (unpaired) electrons. The molecule has 1 unspecified atom stereocenters. The Bertz CT molecular complexity index is 451. The van der Waals surface area contributed by atoms with E-state index in [4.69, 9.17) is 4.74 Å². The Morgan fingerprint density at radius 3 is 3.05 bits per heavy atom. The molecule has 1 atom stereocenters. The second kappa shape index (κ2) is 6.52. The molecule has 0 spiro atoms. The Hall–Kier alpha value is -1.62. The van der Waals surface area contributed by atoms with Gasteiger partial charge in [0.1, 0.15) is 11.6 Å². The van der Waals surface area contributed by atoms with Crippen molar-refractivity contribution < 1.29 is 13.9 Å². The summed E-state index contributed by atoms with van der Waals surface area (Å²) in [6.45, 7) is 1.25. The molecule has 19 heavy (non-hydrogen) atoms. The van der Waals surface area contributed by atoms with Gasteiger partial charge in [-0.2, -0.15) is 0 Å². The van der Waals surface area contributed by atoms with Gasteiger partial charge in [0.25, 0.3) is 5.91 Å². The van der Waals surface area contributed by atoms with Gasteiger partial charge in [-0.15, -0.1) is 0 Å². The number of halogens is 1. The van der Waals surface area contributed by atoms with Gasteiger partial charge in [0.2, 0.25) is 0 Å². The first-order valence-corrected chi connectivity index (χ1v) is 6.57. The SMILES string of the molecule is CNCc1cc(F)cc(OC2CCCCNC2=O)c1. The predicted molar refractivity (Wildman–Crippen MR) is 70.4 cm³/mol. The summed E-state index contributed by atoms with van der Waals surface area (Å²) in [6.07, 6.45) is 2.04. The van der Waals surface area contributed by atoms with Crippen LogP contribution in [-0.4, -0.2) is 25.6 Å². The summed E-state index contributed by atoms with van der Waals surface area (Å²) in [5, 5.41) is 5.76. The molecule has 1 amide bonds. The maximum Gasteiger partial charge on any atom is 0.261 e. The summed E-state index contributed by atoms with van der Waals surface area (Å²) >= 11 is 0. The Morgan fingerprint density at radius 1 is 1.42 bits per heavy atom. The lowest BCUT2D eigenvalue weighted by Crippen LogP contribution is -2.36. The molecule has 1 fully saturated rings. The maximum absolute atomic E-state index is 13.5. The minimum Gasteiger partial charge on any atom is -0.480 e. The molecule has 0 bridgehead atoms. The molecule has 1 aliphatic rings. The smallest absolute Gasteiger partial charge is 0.261 e. The highest BCUT2D eigenvalue weighted by molar-refractivity contribution is 5.81. The fraction of sp³-hybridized carbons (Fsp3) is 0.500. The zero-order valence-electron chi connectivity index (χ0n) is 11.0. The number of rotatable bonds is 4. The Morgan fingerprint density at radius 2 is 2.26 bits per heavy atom. The number of benzene rings is 1. The normalized spacial score (nSPS) is 19.7. The number of hydrogen-bond donors (Lipinski definition) is 2. The van der Waals surface area contributed by atoms with E-state index in [1.165, 1.54) is 12.1 Å². The minimum absolute atomic E-state index is 0.114. The fourth-order valence-corrected chi connectivity index (χ4v) is 2.18. The van der Waals surface area contributed by atoms with Gasteiger partial charge in [-0.25, -0.2) is 4.39 Å². The van der Waals surface area contributed by atoms with Crippen LogP contribution in [-0.2, 0) is 11.3 Å². The molecule has 104 valence electrons. The number of ether oxygens (including phenoxy) is 1. The number of carbonyl (C=O) groups excluding carboxylic acids is 1. The molecule has 1 aromatic rings. The first-order chi connectivity index (χ1) is 9.19. The summed E-state index contributed by atoms with van der Waals surface area (Å²) in [7, 11) is 1.80. The molecule has 1 aromatic carbocycles. The summed E-state index contributed by atoms with van der Waals surface area (Å²) in [5.74, 6) is -0.0546. The lowest BCUT2D eigenvalue weighted by Gasteiger charge is -2.16. The van der Waals surface area contributed by atoms with Crippen LogP contribution in [0.25, 0.3) is 0 Å². The van der Waals surface area contributed by atoms with E-state index in [0.717, 1.165) is 18.4 Å². The highest BCUT2D eigenvalue weighted by atomic mass is 19.1. The predicted octanol–water partition coefficient (Wildman–Crippen LogP) is 1.59. The Balaban J connectivity index is 2.10. The van der Waals surface area contributed by atoms with E-state index in [-0.39, 0.29) is 11.7 Å². The van der Waals surface area contributed by atoms with Crippen LogP contribution in [0.3, 0.4) is 0 Å². The van der Waals surface area contributed by atoms with Crippen LogP contribution in [0.2, 0.25) is 0 Å². The molecule has 2 N–H and O–H groups in total. The number of hydrogen-bond acceptors (Lipinski definition) is 3. The number of nitrogens with one attached hydrogen (secondary N) is 2. The van der Waals surface area contributed by atoms with Crippen LogP contribution in [0.5, 0.6) is 5.75 Å². The molecule has 4 nitrogen and oxygen atoms in total. The number of amides is 1. The second-order valence-electron chi connectivity index (χ2n) is 4.72.